The number of hydrogen-bond donors (Lipinski definition) is 2. The Hall–Kier alpha value is -1.02. The average Bonchev–Trinajstić information content (AvgIpc) is 2.41. The van der Waals surface area contributed by atoms with E-state index in [9.17, 15) is 5.11 Å². The number of piperidine rings is 1. The smallest absolute Gasteiger partial charge is 0.122 e. The Morgan fingerprint density at radius 2 is 1.80 bits per heavy atom. The van der Waals surface area contributed by atoms with E-state index in [0.717, 1.165) is 25.1 Å². The lowest BCUT2D eigenvalue weighted by Crippen LogP contribution is -2.31. The van der Waals surface area contributed by atoms with Gasteiger partial charge >= 0.3 is 0 Å². The molecule has 1 aromatic carbocycles. The van der Waals surface area contributed by atoms with Gasteiger partial charge in [-0.15, -0.1) is 0 Å². The van der Waals surface area contributed by atoms with Crippen molar-refractivity contribution in [1.82, 2.24) is 5.32 Å². The van der Waals surface area contributed by atoms with Crippen LogP contribution in [-0.2, 0) is 6.42 Å². The van der Waals surface area contributed by atoms with Crippen LogP contribution in [0.3, 0.4) is 0 Å². The third-order valence-electron chi connectivity index (χ3n) is 4.49. The molecule has 1 atom stereocenters. The molecule has 112 valence electrons. The molecule has 0 saturated carbocycles. The van der Waals surface area contributed by atoms with Crippen molar-refractivity contribution in [2.24, 2.45) is 5.92 Å². The number of benzene rings is 1. The maximum absolute atomic E-state index is 10.7. The minimum absolute atomic E-state index is 0.374. The summed E-state index contributed by atoms with van der Waals surface area (Å²) in [5.74, 6) is 2.06. The van der Waals surface area contributed by atoms with Crippen molar-refractivity contribution in [3.8, 4) is 5.75 Å². The summed E-state index contributed by atoms with van der Waals surface area (Å²) in [6.45, 7) is 11.0. The first-order valence-corrected chi connectivity index (χ1v) is 8.06. The van der Waals surface area contributed by atoms with Gasteiger partial charge in [-0.3, -0.25) is 0 Å². The molecule has 1 aliphatic heterocycles. The van der Waals surface area contributed by atoms with Crippen molar-refractivity contribution in [3.63, 3.8) is 0 Å². The normalized spacial score (nSPS) is 19.8. The Labute approximate surface area is 123 Å². The van der Waals surface area contributed by atoms with Crippen molar-refractivity contribution < 1.29 is 5.11 Å². The largest absolute Gasteiger partial charge is 0.507 e. The summed E-state index contributed by atoms with van der Waals surface area (Å²) < 4.78 is 0. The van der Waals surface area contributed by atoms with Crippen molar-refractivity contribution in [2.45, 2.75) is 58.8 Å². The first-order valence-electron chi connectivity index (χ1n) is 8.06. The number of nitrogens with one attached hydrogen (secondary N) is 1. The van der Waals surface area contributed by atoms with Gasteiger partial charge in [-0.05, 0) is 66.8 Å². The van der Waals surface area contributed by atoms with E-state index < -0.39 is 0 Å². The quantitative estimate of drug-likeness (QED) is 0.864. The highest BCUT2D eigenvalue weighted by molar-refractivity contribution is 5.48. The molecular formula is C18H29NO. The van der Waals surface area contributed by atoms with Crippen LogP contribution in [0.1, 0.15) is 69.1 Å². The number of phenolic OH excluding ortho intramolecular Hbond substituents is 1. The highest BCUT2D eigenvalue weighted by Crippen LogP contribution is 2.36. The predicted molar refractivity (Wildman–Crippen MR) is 85.6 cm³/mol. The lowest BCUT2D eigenvalue weighted by Gasteiger charge is -2.26. The van der Waals surface area contributed by atoms with Gasteiger partial charge in [-0.1, -0.05) is 39.8 Å². The highest BCUT2D eigenvalue weighted by atomic mass is 16.3. The van der Waals surface area contributed by atoms with Gasteiger partial charge in [0.1, 0.15) is 5.75 Å². The average molecular weight is 275 g/mol. The Balaban J connectivity index is 2.33. The van der Waals surface area contributed by atoms with Gasteiger partial charge in [0, 0.05) is 0 Å². The summed E-state index contributed by atoms with van der Waals surface area (Å²) in [6, 6.07) is 4.34. The summed E-state index contributed by atoms with van der Waals surface area (Å²) in [5.41, 5.74) is 3.60. The standard InChI is InChI=1S/C18H29NO/c1-12(2)15-7-8-16(13(3)4)18(20)17(15)10-14-6-5-9-19-11-14/h7-8,12-14,19-20H,5-6,9-11H2,1-4H3. The fourth-order valence-electron chi connectivity index (χ4n) is 3.28. The van der Waals surface area contributed by atoms with Crippen molar-refractivity contribution in [1.29, 1.82) is 0 Å². The molecule has 0 aliphatic carbocycles. The third kappa shape index (κ3) is 3.35. The predicted octanol–water partition coefficient (Wildman–Crippen LogP) is 4.18. The molecular weight excluding hydrogens is 246 g/mol. The van der Waals surface area contributed by atoms with Crippen LogP contribution in [0, 0.1) is 5.92 Å². The zero-order valence-corrected chi connectivity index (χ0v) is 13.4. The Bertz CT molecular complexity index is 445. The number of hydrogen-bond acceptors (Lipinski definition) is 2. The van der Waals surface area contributed by atoms with Gasteiger partial charge < -0.3 is 10.4 Å². The number of phenols is 1. The highest BCUT2D eigenvalue weighted by Gasteiger charge is 2.21. The van der Waals surface area contributed by atoms with Gasteiger partial charge in [0.25, 0.3) is 0 Å². The molecule has 1 heterocycles. The van der Waals surface area contributed by atoms with Gasteiger partial charge in [0.05, 0.1) is 0 Å². The molecule has 0 bridgehead atoms. The van der Waals surface area contributed by atoms with Crippen LogP contribution in [-0.4, -0.2) is 18.2 Å². The van der Waals surface area contributed by atoms with Crippen molar-refractivity contribution >= 4 is 0 Å². The van der Waals surface area contributed by atoms with Crippen LogP contribution >= 0.6 is 0 Å². The summed E-state index contributed by atoms with van der Waals surface area (Å²) in [4.78, 5) is 0. The van der Waals surface area contributed by atoms with Crippen LogP contribution in [0.15, 0.2) is 12.1 Å². The van der Waals surface area contributed by atoms with Crippen LogP contribution in [0.4, 0.5) is 0 Å². The summed E-state index contributed by atoms with van der Waals surface area (Å²) in [5, 5.41) is 14.2. The molecule has 0 radical (unpaired) electrons. The van der Waals surface area contributed by atoms with Crippen LogP contribution in [0.5, 0.6) is 5.75 Å². The Morgan fingerprint density at radius 1 is 1.15 bits per heavy atom. The maximum atomic E-state index is 10.7. The van der Waals surface area contributed by atoms with E-state index in [0.29, 0.717) is 23.5 Å². The Morgan fingerprint density at radius 3 is 2.35 bits per heavy atom. The van der Waals surface area contributed by atoms with Crippen molar-refractivity contribution in [3.05, 3.63) is 28.8 Å². The fourth-order valence-corrected chi connectivity index (χ4v) is 3.28. The van der Waals surface area contributed by atoms with Crippen LogP contribution in [0.2, 0.25) is 0 Å². The molecule has 0 aromatic heterocycles. The van der Waals surface area contributed by atoms with Gasteiger partial charge in [-0.2, -0.15) is 0 Å². The van der Waals surface area contributed by atoms with E-state index in [1.165, 1.54) is 24.0 Å². The number of rotatable bonds is 4. The van der Waals surface area contributed by atoms with Gasteiger partial charge in [-0.25, -0.2) is 0 Å². The van der Waals surface area contributed by atoms with Gasteiger partial charge in [0.2, 0.25) is 0 Å². The molecule has 1 fully saturated rings. The molecule has 20 heavy (non-hydrogen) atoms. The fraction of sp³-hybridized carbons (Fsp3) is 0.667. The third-order valence-corrected chi connectivity index (χ3v) is 4.49. The molecule has 2 N–H and O–H groups in total. The molecule has 1 saturated heterocycles. The SMILES string of the molecule is CC(C)c1ccc(C(C)C)c(CC2CCCNC2)c1O. The van der Waals surface area contributed by atoms with E-state index in [4.69, 9.17) is 0 Å². The number of aromatic hydroxyl groups is 1. The first kappa shape index (κ1) is 15.4. The van der Waals surface area contributed by atoms with E-state index in [-0.39, 0.29) is 0 Å². The van der Waals surface area contributed by atoms with Gasteiger partial charge in [0.15, 0.2) is 0 Å². The summed E-state index contributed by atoms with van der Waals surface area (Å²) in [7, 11) is 0. The van der Waals surface area contributed by atoms with E-state index in [2.05, 4.69) is 45.1 Å². The summed E-state index contributed by atoms with van der Waals surface area (Å²) >= 11 is 0. The Kier molecular flexibility index (Phi) is 5.09. The molecule has 1 aliphatic rings. The molecule has 0 amide bonds. The monoisotopic (exact) mass is 275 g/mol. The topological polar surface area (TPSA) is 32.3 Å². The second-order valence-corrected chi connectivity index (χ2v) is 6.80. The molecule has 1 aromatic rings. The maximum Gasteiger partial charge on any atom is 0.122 e. The zero-order chi connectivity index (χ0) is 14.7. The molecule has 2 rings (SSSR count). The molecule has 0 spiro atoms. The van der Waals surface area contributed by atoms with E-state index in [1.807, 2.05) is 0 Å². The second-order valence-electron chi connectivity index (χ2n) is 6.80. The minimum atomic E-state index is 0.374. The first-order chi connectivity index (χ1) is 9.50. The minimum Gasteiger partial charge on any atom is -0.507 e. The molecule has 2 heteroatoms. The second kappa shape index (κ2) is 6.62. The lowest BCUT2D eigenvalue weighted by atomic mass is 9.84. The summed E-state index contributed by atoms with van der Waals surface area (Å²) in [6.07, 6.45) is 3.54. The molecule has 2 nitrogen and oxygen atoms in total. The zero-order valence-electron chi connectivity index (χ0n) is 13.4. The van der Waals surface area contributed by atoms with E-state index >= 15 is 0 Å². The van der Waals surface area contributed by atoms with Crippen LogP contribution in [0.25, 0.3) is 0 Å². The van der Waals surface area contributed by atoms with E-state index in [1.54, 1.807) is 0 Å². The van der Waals surface area contributed by atoms with Crippen LogP contribution < -0.4 is 5.32 Å². The molecule has 1 unspecified atom stereocenters. The van der Waals surface area contributed by atoms with Crippen molar-refractivity contribution in [2.75, 3.05) is 13.1 Å². The lowest BCUT2D eigenvalue weighted by molar-refractivity contribution is 0.367.